The smallest absolute Gasteiger partial charge is 0.306 e. The fourth-order valence-corrected chi connectivity index (χ4v) is 10.2. The lowest BCUT2D eigenvalue weighted by molar-refractivity contribution is -0.161. The van der Waals surface area contributed by atoms with Crippen molar-refractivity contribution in [2.45, 2.75) is 341 Å². The van der Waals surface area contributed by atoms with Crippen LogP contribution in [0.1, 0.15) is 335 Å². The van der Waals surface area contributed by atoms with Gasteiger partial charge in [-0.3, -0.25) is 9.59 Å². The molecule has 0 aromatic carbocycles. The summed E-state index contributed by atoms with van der Waals surface area (Å²) in [6.45, 7) is 4.00. The second-order valence-corrected chi connectivity index (χ2v) is 23.9. The molecule has 0 aliphatic heterocycles. The average molecular weight is 1190 g/mol. The van der Waals surface area contributed by atoms with Crippen molar-refractivity contribution in [1.82, 2.24) is 0 Å². The highest BCUT2D eigenvalue weighted by Gasteiger charge is 2.16. The summed E-state index contributed by atoms with van der Waals surface area (Å²) in [7, 11) is 0. The number of carbonyl (C=O) groups is 2. The van der Waals surface area contributed by atoms with Crippen LogP contribution in [0.5, 0.6) is 0 Å². The molecule has 0 aliphatic carbocycles. The largest absolute Gasteiger partial charge is 0.462 e. The van der Waals surface area contributed by atoms with E-state index in [1.54, 1.807) is 0 Å². The van der Waals surface area contributed by atoms with Crippen molar-refractivity contribution in [1.29, 1.82) is 0 Å². The molecule has 86 heavy (non-hydrogen) atoms. The molecular formula is C81H136O5. The number of aliphatic hydroxyl groups excluding tert-OH is 1. The van der Waals surface area contributed by atoms with Crippen molar-refractivity contribution in [2.24, 2.45) is 0 Å². The molecule has 0 aliphatic rings. The molecule has 490 valence electrons. The number of esters is 2. The van der Waals surface area contributed by atoms with Crippen LogP contribution in [0, 0.1) is 0 Å². The van der Waals surface area contributed by atoms with Crippen LogP contribution < -0.4 is 0 Å². The van der Waals surface area contributed by atoms with Gasteiger partial charge in [0, 0.05) is 12.8 Å². The molecule has 1 N–H and O–H groups in total. The first-order chi connectivity index (χ1) is 42.6. The van der Waals surface area contributed by atoms with Gasteiger partial charge >= 0.3 is 11.9 Å². The highest BCUT2D eigenvalue weighted by atomic mass is 16.6. The molecule has 1 unspecified atom stereocenters. The first kappa shape index (κ1) is 81.8. The predicted octanol–water partition coefficient (Wildman–Crippen LogP) is 25.7. The average Bonchev–Trinajstić information content (AvgIpc) is 3.55. The van der Waals surface area contributed by atoms with Crippen LogP contribution in [0.2, 0.25) is 0 Å². The van der Waals surface area contributed by atoms with Crippen LogP contribution in [0.25, 0.3) is 0 Å². The maximum Gasteiger partial charge on any atom is 0.306 e. The van der Waals surface area contributed by atoms with E-state index in [0.717, 1.165) is 109 Å². The van der Waals surface area contributed by atoms with Crippen molar-refractivity contribution >= 4 is 11.9 Å². The fourth-order valence-electron chi connectivity index (χ4n) is 10.2. The summed E-state index contributed by atoms with van der Waals surface area (Å²) in [6, 6.07) is 0. The minimum Gasteiger partial charge on any atom is -0.462 e. The van der Waals surface area contributed by atoms with E-state index < -0.39 is 6.10 Å². The van der Waals surface area contributed by atoms with Gasteiger partial charge in [-0.15, -0.1) is 0 Å². The summed E-state index contributed by atoms with van der Waals surface area (Å²) in [4.78, 5) is 24.6. The fraction of sp³-hybridized carbons (Fsp3) is 0.679. The zero-order chi connectivity index (χ0) is 61.9. The summed E-state index contributed by atoms with van der Waals surface area (Å²) >= 11 is 0. The Morgan fingerprint density at radius 3 is 0.779 bits per heavy atom. The van der Waals surface area contributed by atoms with Gasteiger partial charge in [0.1, 0.15) is 6.61 Å². The van der Waals surface area contributed by atoms with E-state index in [1.807, 2.05) is 0 Å². The zero-order valence-electron chi connectivity index (χ0n) is 56.3. The van der Waals surface area contributed by atoms with Crippen LogP contribution in [-0.2, 0) is 19.1 Å². The first-order valence-electron chi connectivity index (χ1n) is 36.4. The third-order valence-corrected chi connectivity index (χ3v) is 15.6. The highest BCUT2D eigenvalue weighted by Crippen LogP contribution is 2.18. The Hall–Kier alpha value is -4.22. The molecular weight excluding hydrogens is 1050 g/mol. The summed E-state index contributed by atoms with van der Waals surface area (Å²) in [5, 5.41) is 9.70. The minimum atomic E-state index is -0.806. The first-order valence-corrected chi connectivity index (χ1v) is 36.4. The van der Waals surface area contributed by atoms with E-state index in [0.29, 0.717) is 12.8 Å². The molecule has 0 saturated carbocycles. The van der Waals surface area contributed by atoms with Crippen molar-refractivity contribution in [2.75, 3.05) is 13.2 Å². The maximum atomic E-state index is 12.3. The Bertz CT molecular complexity index is 1780. The van der Waals surface area contributed by atoms with Crippen molar-refractivity contribution in [3.05, 3.63) is 146 Å². The van der Waals surface area contributed by atoms with Crippen LogP contribution in [0.3, 0.4) is 0 Å². The number of unbranched alkanes of at least 4 members (excludes halogenated alkanes) is 34. The summed E-state index contributed by atoms with van der Waals surface area (Å²) in [5.74, 6) is -0.639. The third kappa shape index (κ3) is 72.3. The number of ether oxygens (including phenoxy) is 2. The number of carbonyl (C=O) groups excluding carboxylic acids is 2. The number of hydrogen-bond donors (Lipinski definition) is 1. The van der Waals surface area contributed by atoms with E-state index in [4.69, 9.17) is 9.47 Å². The SMILES string of the molecule is CC/C=C\C/C=C\C/C=C\C/C=C\C/C=C\C/C=C\C/C=C\C/C=C\C/C=C\C/C=C\CCCCC(=O)OC(CO)COC(=O)CCCCCCCCCCCCCCCCCCCCCCCCCCCCC/C=C\C/C=C\CCCCCCC. The lowest BCUT2D eigenvalue weighted by Crippen LogP contribution is -2.28. The Morgan fingerprint density at radius 2 is 0.500 bits per heavy atom. The van der Waals surface area contributed by atoms with Crippen LogP contribution >= 0.6 is 0 Å². The quantitative estimate of drug-likeness (QED) is 0.0373. The van der Waals surface area contributed by atoms with E-state index in [-0.39, 0.29) is 25.2 Å². The Labute approximate surface area is 533 Å². The minimum absolute atomic E-state index is 0.0893. The van der Waals surface area contributed by atoms with Gasteiger partial charge in [-0.2, -0.15) is 0 Å². The monoisotopic (exact) mass is 1190 g/mol. The van der Waals surface area contributed by atoms with Gasteiger partial charge in [0.25, 0.3) is 0 Å². The lowest BCUT2D eigenvalue weighted by Gasteiger charge is -2.15. The van der Waals surface area contributed by atoms with Gasteiger partial charge in [-0.25, -0.2) is 0 Å². The molecule has 0 spiro atoms. The number of hydrogen-bond acceptors (Lipinski definition) is 5. The van der Waals surface area contributed by atoms with Gasteiger partial charge < -0.3 is 14.6 Å². The van der Waals surface area contributed by atoms with E-state index in [2.05, 4.69) is 160 Å². The van der Waals surface area contributed by atoms with Crippen molar-refractivity contribution in [3.63, 3.8) is 0 Å². The van der Waals surface area contributed by atoms with Gasteiger partial charge in [0.05, 0.1) is 6.61 Å². The Balaban J connectivity index is 3.53. The molecule has 0 radical (unpaired) electrons. The number of rotatable bonds is 66. The topological polar surface area (TPSA) is 72.8 Å². The van der Waals surface area contributed by atoms with Gasteiger partial charge in [-0.1, -0.05) is 346 Å². The second kappa shape index (κ2) is 75.0. The molecule has 1 atom stereocenters. The van der Waals surface area contributed by atoms with Gasteiger partial charge in [0.15, 0.2) is 6.10 Å². The predicted molar refractivity (Wildman–Crippen MR) is 380 cm³/mol. The molecule has 0 saturated heterocycles. The van der Waals surface area contributed by atoms with Crippen LogP contribution in [-0.4, -0.2) is 36.4 Å². The van der Waals surface area contributed by atoms with Crippen molar-refractivity contribution in [3.8, 4) is 0 Å². The second-order valence-electron chi connectivity index (χ2n) is 23.9. The Kier molecular flexibility index (Phi) is 71.3. The van der Waals surface area contributed by atoms with Crippen LogP contribution in [0.15, 0.2) is 146 Å². The number of aliphatic hydroxyl groups is 1. The van der Waals surface area contributed by atoms with E-state index in [1.165, 1.54) is 199 Å². The molecule has 5 nitrogen and oxygen atoms in total. The molecule has 0 aromatic heterocycles. The standard InChI is InChI=1S/C81H136O5/c1-3-5-7-9-11-13-15-17-19-21-23-25-27-29-31-33-35-37-38-39-40-41-42-44-45-47-49-51-53-55-57-59-61-63-65-67-69-71-73-75-80(83)85-78-79(77-82)86-81(84)76-74-72-70-68-66-64-62-60-58-56-54-52-50-48-46-43-36-34-32-30-28-26-24-22-20-18-16-14-12-10-8-6-4-2/h6,8,12,14-15,17-18,20-21,23-24,26,30,32,36,43,48,50,54,56,60,62,66,68,79,82H,3-5,7,9-11,13,16,19,22,25,27-29,31,33-35,37-42,44-47,49,51-53,55,57-59,61,63-65,67,69-78H2,1-2H3/b8-6-,14-12-,17-15-,20-18-,23-21-,26-24-,32-30-,43-36-,50-48-,56-54-,62-60-,68-66-. The molecule has 5 heteroatoms. The molecule has 0 fully saturated rings. The maximum absolute atomic E-state index is 12.3. The molecule has 0 aromatic rings. The number of allylic oxidation sites excluding steroid dienone is 24. The molecule has 0 bridgehead atoms. The van der Waals surface area contributed by atoms with Gasteiger partial charge in [0.2, 0.25) is 0 Å². The van der Waals surface area contributed by atoms with Crippen molar-refractivity contribution < 1.29 is 24.2 Å². The summed E-state index contributed by atoms with van der Waals surface area (Å²) in [6.07, 6.45) is 113. The lowest BCUT2D eigenvalue weighted by atomic mass is 10.0. The third-order valence-electron chi connectivity index (χ3n) is 15.6. The molecule has 0 rings (SSSR count). The Morgan fingerprint density at radius 1 is 0.279 bits per heavy atom. The van der Waals surface area contributed by atoms with Crippen LogP contribution in [0.4, 0.5) is 0 Å². The van der Waals surface area contributed by atoms with E-state index in [9.17, 15) is 14.7 Å². The van der Waals surface area contributed by atoms with Gasteiger partial charge in [-0.05, 0) is 122 Å². The summed E-state index contributed by atoms with van der Waals surface area (Å²) < 4.78 is 10.7. The van der Waals surface area contributed by atoms with E-state index >= 15 is 0 Å². The molecule has 0 amide bonds. The highest BCUT2D eigenvalue weighted by molar-refractivity contribution is 5.70. The zero-order valence-corrected chi connectivity index (χ0v) is 56.3. The normalized spacial score (nSPS) is 13.1. The summed E-state index contributed by atoms with van der Waals surface area (Å²) in [5.41, 5.74) is 0. The molecule has 0 heterocycles.